The molecule has 0 aliphatic carbocycles. The Kier molecular flexibility index (Phi) is 7.15. The topological polar surface area (TPSA) is 75.3 Å². The Hall–Kier alpha value is -2.38. The lowest BCUT2D eigenvalue weighted by atomic mass is 10.1. The molecule has 0 unspecified atom stereocenters. The summed E-state index contributed by atoms with van der Waals surface area (Å²) >= 11 is 12.0. The number of rotatable bonds is 7. The highest BCUT2D eigenvalue weighted by atomic mass is 35.5. The molecule has 0 bridgehead atoms. The van der Waals surface area contributed by atoms with Crippen molar-refractivity contribution in [3.8, 4) is 0 Å². The lowest BCUT2D eigenvalue weighted by Crippen LogP contribution is -2.45. The maximum atomic E-state index is 13.0. The van der Waals surface area contributed by atoms with Crippen molar-refractivity contribution >= 4 is 44.8 Å². The van der Waals surface area contributed by atoms with E-state index in [2.05, 4.69) is 10.0 Å². The molecule has 0 spiro atoms. The van der Waals surface area contributed by atoms with Gasteiger partial charge in [-0.1, -0.05) is 71.7 Å². The van der Waals surface area contributed by atoms with Crippen molar-refractivity contribution in [2.45, 2.75) is 24.3 Å². The lowest BCUT2D eigenvalue weighted by Gasteiger charge is -2.20. The first-order valence-electron chi connectivity index (χ1n) is 9.14. The number of carbonyl (C=O) groups excluding carboxylic acids is 1. The van der Waals surface area contributed by atoms with Gasteiger partial charge in [0.1, 0.15) is 10.9 Å². The second kappa shape index (κ2) is 9.62. The van der Waals surface area contributed by atoms with Crippen LogP contribution in [0.15, 0.2) is 77.7 Å². The molecule has 0 aliphatic heterocycles. The molecule has 0 heterocycles. The van der Waals surface area contributed by atoms with Gasteiger partial charge in [0.25, 0.3) is 0 Å². The molecule has 0 radical (unpaired) electrons. The lowest BCUT2D eigenvalue weighted by molar-refractivity contribution is -0.117. The first-order chi connectivity index (χ1) is 14.3. The number of benzene rings is 3. The molecule has 0 fully saturated rings. The van der Waals surface area contributed by atoms with Crippen LogP contribution in [-0.2, 0) is 21.2 Å². The van der Waals surface area contributed by atoms with E-state index in [1.807, 2.05) is 49.4 Å². The highest BCUT2D eigenvalue weighted by Crippen LogP contribution is 2.25. The van der Waals surface area contributed by atoms with E-state index in [1.165, 1.54) is 18.2 Å². The van der Waals surface area contributed by atoms with Crippen LogP contribution >= 0.6 is 23.2 Å². The summed E-state index contributed by atoms with van der Waals surface area (Å²) in [6.45, 7) is 1.86. The van der Waals surface area contributed by atoms with E-state index < -0.39 is 22.0 Å². The summed E-state index contributed by atoms with van der Waals surface area (Å²) in [4.78, 5) is 12.9. The standard InChI is InChI=1S/C22H20Cl2N2O3S/c1-15-7-5-6-10-19(15)25-22(27)20(13-16-8-3-2-4-9-16)26-30(28,29)21-14-17(23)11-12-18(21)24/h2-12,14,20,26H,13H2,1H3,(H,25,27)/t20-/m0/s1. The number of anilines is 1. The molecule has 8 heteroatoms. The number of carbonyl (C=O) groups is 1. The van der Waals surface area contributed by atoms with Gasteiger partial charge in [-0.15, -0.1) is 0 Å². The normalized spacial score (nSPS) is 12.4. The summed E-state index contributed by atoms with van der Waals surface area (Å²) in [5.41, 5.74) is 2.29. The molecule has 156 valence electrons. The zero-order chi connectivity index (χ0) is 21.7. The smallest absolute Gasteiger partial charge is 0.242 e. The van der Waals surface area contributed by atoms with Gasteiger partial charge in [0.05, 0.1) is 5.02 Å². The Bertz CT molecular complexity index is 1150. The van der Waals surface area contributed by atoms with Crippen molar-refractivity contribution < 1.29 is 13.2 Å². The number of hydrogen-bond acceptors (Lipinski definition) is 3. The Labute approximate surface area is 186 Å². The van der Waals surface area contributed by atoms with Crippen molar-refractivity contribution in [3.63, 3.8) is 0 Å². The molecule has 0 saturated heterocycles. The second-order valence-electron chi connectivity index (χ2n) is 6.74. The van der Waals surface area contributed by atoms with Crippen LogP contribution in [0, 0.1) is 6.92 Å². The predicted molar refractivity (Wildman–Crippen MR) is 121 cm³/mol. The Morgan fingerprint density at radius 3 is 2.33 bits per heavy atom. The van der Waals surface area contributed by atoms with E-state index in [-0.39, 0.29) is 21.4 Å². The fourth-order valence-corrected chi connectivity index (χ4v) is 4.86. The quantitative estimate of drug-likeness (QED) is 0.527. The molecule has 3 rings (SSSR count). The molecular weight excluding hydrogens is 443 g/mol. The number of amides is 1. The van der Waals surface area contributed by atoms with Crippen molar-refractivity contribution in [2.24, 2.45) is 0 Å². The Morgan fingerprint density at radius 2 is 1.63 bits per heavy atom. The second-order valence-corrected chi connectivity index (χ2v) is 9.27. The van der Waals surface area contributed by atoms with Crippen LogP contribution in [0.5, 0.6) is 0 Å². The maximum Gasteiger partial charge on any atom is 0.242 e. The number of para-hydroxylation sites is 1. The van der Waals surface area contributed by atoms with E-state index in [4.69, 9.17) is 23.2 Å². The minimum Gasteiger partial charge on any atom is -0.324 e. The SMILES string of the molecule is Cc1ccccc1NC(=O)[C@H](Cc1ccccc1)NS(=O)(=O)c1cc(Cl)ccc1Cl. The molecule has 30 heavy (non-hydrogen) atoms. The fourth-order valence-electron chi connectivity index (χ4n) is 2.90. The summed E-state index contributed by atoms with van der Waals surface area (Å²) in [6, 6.07) is 19.5. The van der Waals surface area contributed by atoms with Crippen molar-refractivity contribution in [1.29, 1.82) is 0 Å². The van der Waals surface area contributed by atoms with Crippen LogP contribution in [0.25, 0.3) is 0 Å². The summed E-state index contributed by atoms with van der Waals surface area (Å²) in [5, 5.41) is 3.05. The molecule has 1 amide bonds. The van der Waals surface area contributed by atoms with Gasteiger partial charge in [0.2, 0.25) is 15.9 Å². The average molecular weight is 463 g/mol. The highest BCUT2D eigenvalue weighted by Gasteiger charge is 2.28. The zero-order valence-electron chi connectivity index (χ0n) is 16.1. The summed E-state index contributed by atoms with van der Waals surface area (Å²) in [7, 11) is -4.11. The van der Waals surface area contributed by atoms with Crippen LogP contribution in [-0.4, -0.2) is 20.4 Å². The van der Waals surface area contributed by atoms with E-state index in [1.54, 1.807) is 12.1 Å². The third kappa shape index (κ3) is 5.61. The summed E-state index contributed by atoms with van der Waals surface area (Å²) < 4.78 is 28.5. The molecular formula is C22H20Cl2N2O3S. The minimum atomic E-state index is -4.11. The number of hydrogen-bond donors (Lipinski definition) is 2. The van der Waals surface area contributed by atoms with Crippen molar-refractivity contribution in [2.75, 3.05) is 5.32 Å². The largest absolute Gasteiger partial charge is 0.324 e. The number of aryl methyl sites for hydroxylation is 1. The zero-order valence-corrected chi connectivity index (χ0v) is 18.4. The van der Waals surface area contributed by atoms with E-state index >= 15 is 0 Å². The van der Waals surface area contributed by atoms with Crippen LogP contribution in [0.1, 0.15) is 11.1 Å². The molecule has 3 aromatic rings. The number of halogens is 2. The first kappa shape index (κ1) is 22.3. The Balaban J connectivity index is 1.91. The van der Waals surface area contributed by atoms with Gasteiger partial charge in [-0.2, -0.15) is 4.72 Å². The molecule has 0 aromatic heterocycles. The minimum absolute atomic E-state index is 0.0182. The maximum absolute atomic E-state index is 13.0. The number of sulfonamides is 1. The van der Waals surface area contributed by atoms with E-state index in [0.29, 0.717) is 5.69 Å². The molecule has 5 nitrogen and oxygen atoms in total. The summed E-state index contributed by atoms with van der Waals surface area (Å²) in [5.74, 6) is -0.477. The fraction of sp³-hybridized carbons (Fsp3) is 0.136. The monoisotopic (exact) mass is 462 g/mol. The predicted octanol–water partition coefficient (Wildman–Crippen LogP) is 4.83. The van der Waals surface area contributed by atoms with Crippen LogP contribution in [0.2, 0.25) is 10.0 Å². The van der Waals surface area contributed by atoms with Gasteiger partial charge in [0, 0.05) is 10.7 Å². The third-order valence-electron chi connectivity index (χ3n) is 4.48. The summed E-state index contributed by atoms with van der Waals surface area (Å²) in [6.07, 6.45) is 0.163. The molecule has 1 atom stereocenters. The van der Waals surface area contributed by atoms with E-state index in [0.717, 1.165) is 11.1 Å². The first-order valence-corrected chi connectivity index (χ1v) is 11.4. The third-order valence-corrected chi connectivity index (χ3v) is 6.67. The van der Waals surface area contributed by atoms with E-state index in [9.17, 15) is 13.2 Å². The van der Waals surface area contributed by atoms with Gasteiger partial charge >= 0.3 is 0 Å². The highest BCUT2D eigenvalue weighted by molar-refractivity contribution is 7.89. The molecule has 0 aliphatic rings. The van der Waals surface area contributed by atoms with Crippen LogP contribution in [0.4, 0.5) is 5.69 Å². The average Bonchev–Trinajstić information content (AvgIpc) is 2.71. The van der Waals surface area contributed by atoms with Crippen LogP contribution < -0.4 is 10.0 Å². The Morgan fingerprint density at radius 1 is 0.967 bits per heavy atom. The van der Waals surface area contributed by atoms with Gasteiger partial charge in [-0.05, 0) is 48.7 Å². The molecule has 3 aromatic carbocycles. The van der Waals surface area contributed by atoms with Gasteiger partial charge in [-0.3, -0.25) is 4.79 Å². The molecule has 2 N–H and O–H groups in total. The van der Waals surface area contributed by atoms with Crippen molar-refractivity contribution in [3.05, 3.63) is 94.0 Å². The van der Waals surface area contributed by atoms with Gasteiger partial charge in [0.15, 0.2) is 0 Å². The number of nitrogens with one attached hydrogen (secondary N) is 2. The molecule has 0 saturated carbocycles. The van der Waals surface area contributed by atoms with Crippen molar-refractivity contribution in [1.82, 2.24) is 4.72 Å². The van der Waals surface area contributed by atoms with Crippen LogP contribution in [0.3, 0.4) is 0 Å². The van der Waals surface area contributed by atoms with Gasteiger partial charge < -0.3 is 5.32 Å². The van der Waals surface area contributed by atoms with Gasteiger partial charge in [-0.25, -0.2) is 8.42 Å².